The van der Waals surface area contributed by atoms with Gasteiger partial charge in [0.2, 0.25) is 0 Å². The summed E-state index contributed by atoms with van der Waals surface area (Å²) >= 11 is 4.97. The van der Waals surface area contributed by atoms with Gasteiger partial charge < -0.3 is 5.73 Å². The Balaban J connectivity index is 2.47. The zero-order valence-electron chi connectivity index (χ0n) is 10.0. The van der Waals surface area contributed by atoms with E-state index < -0.39 is 0 Å². The van der Waals surface area contributed by atoms with E-state index >= 15 is 0 Å². The van der Waals surface area contributed by atoms with Crippen molar-refractivity contribution in [1.82, 2.24) is 4.98 Å². The molecule has 0 spiro atoms. The molecule has 18 heavy (non-hydrogen) atoms. The fourth-order valence-corrected chi connectivity index (χ4v) is 3.33. The van der Waals surface area contributed by atoms with Gasteiger partial charge >= 0.3 is 0 Å². The maximum absolute atomic E-state index is 13.3. The Kier molecular flexibility index (Phi) is 4.48. The predicted octanol–water partition coefficient (Wildman–Crippen LogP) is 4.12. The Morgan fingerprint density at radius 1 is 1.44 bits per heavy atom. The molecule has 0 bridgehead atoms. The number of thiazole rings is 1. The summed E-state index contributed by atoms with van der Waals surface area (Å²) < 4.78 is 14.2. The molecule has 1 heterocycles. The number of nitrogens with zero attached hydrogens (tertiary/aromatic N) is 1. The molecule has 0 saturated heterocycles. The normalized spacial score (nSPS) is 10.9. The smallest absolute Gasteiger partial charge is 0.125 e. The Morgan fingerprint density at radius 3 is 2.89 bits per heavy atom. The molecule has 0 unspecified atom stereocenters. The average Bonchev–Trinajstić information content (AvgIpc) is 2.76. The number of hydrogen-bond donors (Lipinski definition) is 1. The number of hydrogen-bond acceptors (Lipinski definition) is 3. The molecule has 2 nitrogen and oxygen atoms in total. The van der Waals surface area contributed by atoms with Gasteiger partial charge in [-0.3, -0.25) is 0 Å². The molecular weight excluding hydrogens is 315 g/mol. The van der Waals surface area contributed by atoms with Crippen molar-refractivity contribution < 1.29 is 4.39 Å². The van der Waals surface area contributed by atoms with Gasteiger partial charge in [-0.25, -0.2) is 9.37 Å². The lowest BCUT2D eigenvalue weighted by Crippen LogP contribution is -1.97. The van der Waals surface area contributed by atoms with Crippen molar-refractivity contribution in [2.75, 3.05) is 0 Å². The second-order valence-electron chi connectivity index (χ2n) is 3.97. The minimum Gasteiger partial charge on any atom is -0.326 e. The van der Waals surface area contributed by atoms with Crippen LogP contribution in [0, 0.1) is 5.82 Å². The topological polar surface area (TPSA) is 38.9 Å². The molecule has 2 rings (SSSR count). The number of benzene rings is 1. The van der Waals surface area contributed by atoms with Crippen molar-refractivity contribution in [3.05, 3.63) is 39.1 Å². The molecule has 0 radical (unpaired) electrons. The summed E-state index contributed by atoms with van der Waals surface area (Å²) in [5.74, 6) is -0.255. The molecule has 2 N–H and O–H groups in total. The lowest BCUT2D eigenvalue weighted by Gasteiger charge is -2.00. The van der Waals surface area contributed by atoms with E-state index in [2.05, 4.69) is 27.8 Å². The van der Waals surface area contributed by atoms with Crippen LogP contribution in [0.4, 0.5) is 4.39 Å². The Morgan fingerprint density at radius 2 is 2.22 bits per heavy atom. The third kappa shape index (κ3) is 2.79. The lowest BCUT2D eigenvalue weighted by atomic mass is 10.2. The summed E-state index contributed by atoms with van der Waals surface area (Å²) in [6.07, 6.45) is 1.94. The summed E-state index contributed by atoms with van der Waals surface area (Å²) in [7, 11) is 0. The lowest BCUT2D eigenvalue weighted by molar-refractivity contribution is 0.628. The summed E-state index contributed by atoms with van der Waals surface area (Å²) in [6, 6.07) is 4.63. The van der Waals surface area contributed by atoms with Crippen LogP contribution in [0.15, 0.2) is 22.7 Å². The van der Waals surface area contributed by atoms with Gasteiger partial charge in [0.15, 0.2) is 0 Å². The number of aryl methyl sites for hydroxylation is 1. The van der Waals surface area contributed by atoms with Crippen LogP contribution >= 0.6 is 27.3 Å². The molecule has 0 saturated carbocycles. The molecule has 0 amide bonds. The number of aromatic nitrogens is 1. The van der Waals surface area contributed by atoms with E-state index in [4.69, 9.17) is 5.73 Å². The van der Waals surface area contributed by atoms with Gasteiger partial charge in [-0.1, -0.05) is 29.3 Å². The third-order valence-corrected chi connectivity index (χ3v) is 4.45. The molecular formula is C13H14BrFN2S. The molecule has 1 aromatic heterocycles. The van der Waals surface area contributed by atoms with Crippen molar-refractivity contribution in [1.29, 1.82) is 0 Å². The van der Waals surface area contributed by atoms with Crippen LogP contribution in [0.3, 0.4) is 0 Å². The summed E-state index contributed by atoms with van der Waals surface area (Å²) in [5, 5.41) is 0.824. The molecule has 0 atom stereocenters. The largest absolute Gasteiger partial charge is 0.326 e. The van der Waals surface area contributed by atoms with Crippen molar-refractivity contribution in [3.63, 3.8) is 0 Å². The van der Waals surface area contributed by atoms with Gasteiger partial charge in [-0.05, 0) is 24.6 Å². The summed E-state index contributed by atoms with van der Waals surface area (Å²) in [4.78, 5) is 5.67. The van der Waals surface area contributed by atoms with E-state index in [1.807, 2.05) is 0 Å². The van der Waals surface area contributed by atoms with Gasteiger partial charge in [-0.15, -0.1) is 11.3 Å². The molecule has 0 fully saturated rings. The molecule has 1 aromatic carbocycles. The third-order valence-electron chi connectivity index (χ3n) is 2.61. The number of halogens is 2. The van der Waals surface area contributed by atoms with E-state index in [-0.39, 0.29) is 5.82 Å². The van der Waals surface area contributed by atoms with E-state index in [9.17, 15) is 4.39 Å². The minimum absolute atomic E-state index is 0.255. The SMILES string of the molecule is CCCc1nc(-c2cc(F)ccc2Br)sc1CN. The van der Waals surface area contributed by atoms with E-state index in [0.29, 0.717) is 6.54 Å². The first kappa shape index (κ1) is 13.6. The summed E-state index contributed by atoms with van der Waals surface area (Å²) in [6.45, 7) is 2.59. The summed E-state index contributed by atoms with van der Waals surface area (Å²) in [5.41, 5.74) is 7.55. The van der Waals surface area contributed by atoms with Gasteiger partial charge in [-0.2, -0.15) is 0 Å². The highest BCUT2D eigenvalue weighted by molar-refractivity contribution is 9.10. The van der Waals surface area contributed by atoms with Crippen LogP contribution in [0.5, 0.6) is 0 Å². The minimum atomic E-state index is -0.255. The number of nitrogens with two attached hydrogens (primary N) is 1. The average molecular weight is 329 g/mol. The van der Waals surface area contributed by atoms with Crippen LogP contribution < -0.4 is 5.73 Å². The first-order valence-electron chi connectivity index (χ1n) is 5.79. The molecule has 0 aliphatic rings. The fraction of sp³-hybridized carbons (Fsp3) is 0.308. The van der Waals surface area contributed by atoms with Gasteiger partial charge in [0.05, 0.1) is 5.69 Å². The van der Waals surface area contributed by atoms with E-state index in [1.54, 1.807) is 17.4 Å². The zero-order valence-corrected chi connectivity index (χ0v) is 12.4. The highest BCUT2D eigenvalue weighted by Gasteiger charge is 2.13. The molecule has 2 aromatic rings. The van der Waals surface area contributed by atoms with Crippen LogP contribution in [-0.2, 0) is 13.0 Å². The number of rotatable bonds is 4. The van der Waals surface area contributed by atoms with Crippen LogP contribution in [0.25, 0.3) is 10.6 Å². The Bertz CT molecular complexity index is 554. The predicted molar refractivity (Wildman–Crippen MR) is 77.1 cm³/mol. The first-order valence-corrected chi connectivity index (χ1v) is 7.40. The molecule has 96 valence electrons. The second kappa shape index (κ2) is 5.91. The zero-order chi connectivity index (χ0) is 13.1. The first-order chi connectivity index (χ1) is 8.65. The van der Waals surface area contributed by atoms with Crippen molar-refractivity contribution in [3.8, 4) is 10.6 Å². The van der Waals surface area contributed by atoms with Gasteiger partial charge in [0.25, 0.3) is 0 Å². The maximum atomic E-state index is 13.3. The standard InChI is InChI=1S/C13H14BrFN2S/c1-2-3-11-12(7-16)18-13(17-11)9-6-8(15)4-5-10(9)14/h4-6H,2-3,7,16H2,1H3. The highest BCUT2D eigenvalue weighted by atomic mass is 79.9. The maximum Gasteiger partial charge on any atom is 0.125 e. The van der Waals surface area contributed by atoms with Crippen molar-refractivity contribution >= 4 is 27.3 Å². The van der Waals surface area contributed by atoms with Crippen LogP contribution in [0.1, 0.15) is 23.9 Å². The second-order valence-corrected chi connectivity index (χ2v) is 5.91. The van der Waals surface area contributed by atoms with E-state index in [0.717, 1.165) is 38.5 Å². The molecule has 5 heteroatoms. The van der Waals surface area contributed by atoms with Crippen molar-refractivity contribution in [2.45, 2.75) is 26.3 Å². The van der Waals surface area contributed by atoms with E-state index in [1.165, 1.54) is 12.1 Å². The highest BCUT2D eigenvalue weighted by Crippen LogP contribution is 2.34. The fourth-order valence-electron chi connectivity index (χ4n) is 1.75. The van der Waals surface area contributed by atoms with Gasteiger partial charge in [0.1, 0.15) is 10.8 Å². The Labute approximate surface area is 118 Å². The Hall–Kier alpha value is -0.780. The molecule has 0 aliphatic carbocycles. The quantitative estimate of drug-likeness (QED) is 0.916. The monoisotopic (exact) mass is 328 g/mol. The van der Waals surface area contributed by atoms with Crippen LogP contribution in [-0.4, -0.2) is 4.98 Å². The van der Waals surface area contributed by atoms with Gasteiger partial charge in [0, 0.05) is 21.5 Å². The van der Waals surface area contributed by atoms with Crippen molar-refractivity contribution in [2.24, 2.45) is 5.73 Å². The van der Waals surface area contributed by atoms with Crippen LogP contribution in [0.2, 0.25) is 0 Å². The molecule has 0 aliphatic heterocycles.